The Hall–Kier alpha value is -2.93. The number of hydrogen-bond acceptors (Lipinski definition) is 3. The molecule has 2 heterocycles. The average molecular weight is 400 g/mol. The number of carboxylic acids is 1. The molecule has 126 valence electrons. The van der Waals surface area contributed by atoms with Gasteiger partial charge in [0.15, 0.2) is 5.69 Å². The van der Waals surface area contributed by atoms with Crippen molar-refractivity contribution in [1.29, 1.82) is 0 Å². The van der Waals surface area contributed by atoms with Crippen molar-refractivity contribution in [2.24, 2.45) is 0 Å². The van der Waals surface area contributed by atoms with E-state index < -0.39 is 5.97 Å². The lowest BCUT2D eigenvalue weighted by Gasteiger charge is -2.09. The third-order valence-electron chi connectivity index (χ3n) is 3.62. The van der Waals surface area contributed by atoms with Gasteiger partial charge < -0.3 is 15.0 Å². The number of hydrogen-bond donors (Lipinski definition) is 2. The van der Waals surface area contributed by atoms with Gasteiger partial charge in [0.25, 0.3) is 5.91 Å². The van der Waals surface area contributed by atoms with E-state index in [9.17, 15) is 14.7 Å². The van der Waals surface area contributed by atoms with Crippen molar-refractivity contribution >= 4 is 33.5 Å². The molecule has 2 aromatic heterocycles. The van der Waals surface area contributed by atoms with E-state index in [0.717, 1.165) is 10.2 Å². The molecule has 0 saturated heterocycles. The number of halogens is 1. The molecule has 0 bridgehead atoms. The second kappa shape index (κ2) is 6.90. The van der Waals surface area contributed by atoms with Crippen molar-refractivity contribution in [3.8, 4) is 5.69 Å². The number of carboxylic acid groups (broad SMARTS) is 1. The minimum Gasteiger partial charge on any atom is -0.476 e. The van der Waals surface area contributed by atoms with Crippen LogP contribution in [0.25, 0.3) is 5.69 Å². The number of aromatic carboxylic acids is 1. The van der Waals surface area contributed by atoms with Crippen molar-refractivity contribution in [3.63, 3.8) is 0 Å². The zero-order valence-electron chi connectivity index (χ0n) is 13.2. The molecule has 6 nitrogen and oxygen atoms in total. The van der Waals surface area contributed by atoms with Crippen LogP contribution in [0.2, 0.25) is 0 Å². The predicted molar refractivity (Wildman–Crippen MR) is 97.4 cm³/mol. The highest BCUT2D eigenvalue weighted by atomic mass is 79.9. The fraction of sp³-hybridized carbons (Fsp3) is 0.0556. The smallest absolute Gasteiger partial charge is 0.355 e. The van der Waals surface area contributed by atoms with Crippen molar-refractivity contribution in [3.05, 3.63) is 76.3 Å². The largest absolute Gasteiger partial charge is 0.476 e. The number of rotatable bonds is 4. The molecule has 0 radical (unpaired) electrons. The number of carbonyl (C=O) groups is 2. The molecule has 2 N–H and O–H groups in total. The van der Waals surface area contributed by atoms with Gasteiger partial charge in [-0.1, -0.05) is 15.9 Å². The van der Waals surface area contributed by atoms with Crippen LogP contribution in [0.3, 0.4) is 0 Å². The number of nitrogens with zero attached hydrogens (tertiary/aromatic N) is 2. The van der Waals surface area contributed by atoms with Crippen LogP contribution in [0, 0.1) is 6.92 Å². The third kappa shape index (κ3) is 3.61. The van der Waals surface area contributed by atoms with Crippen LogP contribution in [-0.4, -0.2) is 26.5 Å². The zero-order chi connectivity index (χ0) is 18.0. The molecule has 0 spiro atoms. The minimum atomic E-state index is -1.14. The SMILES string of the molecule is Cc1ccc(-n2ccc(NC(=O)c3ccc(Br)cc3)c2C(=O)O)cn1. The van der Waals surface area contributed by atoms with Crippen LogP contribution >= 0.6 is 15.9 Å². The summed E-state index contributed by atoms with van der Waals surface area (Å²) >= 11 is 3.31. The highest BCUT2D eigenvalue weighted by molar-refractivity contribution is 9.10. The van der Waals surface area contributed by atoms with Crippen LogP contribution in [0.4, 0.5) is 5.69 Å². The van der Waals surface area contributed by atoms with E-state index >= 15 is 0 Å². The normalized spacial score (nSPS) is 10.5. The van der Waals surface area contributed by atoms with Crippen molar-refractivity contribution in [1.82, 2.24) is 9.55 Å². The number of benzene rings is 1. The topological polar surface area (TPSA) is 84.2 Å². The van der Waals surface area contributed by atoms with E-state index in [4.69, 9.17) is 0 Å². The number of amides is 1. The van der Waals surface area contributed by atoms with E-state index in [-0.39, 0.29) is 17.3 Å². The van der Waals surface area contributed by atoms with Gasteiger partial charge in [0.2, 0.25) is 0 Å². The summed E-state index contributed by atoms with van der Waals surface area (Å²) in [7, 11) is 0. The van der Waals surface area contributed by atoms with Crippen LogP contribution < -0.4 is 5.32 Å². The first kappa shape index (κ1) is 16.9. The van der Waals surface area contributed by atoms with Gasteiger partial charge in [-0.15, -0.1) is 0 Å². The van der Waals surface area contributed by atoms with Crippen LogP contribution in [-0.2, 0) is 0 Å². The molecule has 3 rings (SSSR count). The van der Waals surface area contributed by atoms with E-state index in [1.807, 2.05) is 6.92 Å². The lowest BCUT2D eigenvalue weighted by atomic mass is 10.2. The summed E-state index contributed by atoms with van der Waals surface area (Å²) in [5.41, 5.74) is 2.06. The first-order valence-electron chi connectivity index (χ1n) is 7.40. The van der Waals surface area contributed by atoms with Gasteiger partial charge in [-0.25, -0.2) is 4.79 Å². The first-order chi connectivity index (χ1) is 12.0. The van der Waals surface area contributed by atoms with Crippen molar-refractivity contribution in [2.45, 2.75) is 6.92 Å². The molecule has 7 heteroatoms. The Kier molecular flexibility index (Phi) is 4.67. The fourth-order valence-corrected chi connectivity index (χ4v) is 2.63. The van der Waals surface area contributed by atoms with Crippen LogP contribution in [0.1, 0.15) is 26.5 Å². The Morgan fingerprint density at radius 1 is 1.12 bits per heavy atom. The molecule has 1 amide bonds. The van der Waals surface area contributed by atoms with Crippen LogP contribution in [0.5, 0.6) is 0 Å². The Morgan fingerprint density at radius 2 is 1.84 bits per heavy atom. The summed E-state index contributed by atoms with van der Waals surface area (Å²) < 4.78 is 2.33. The molecule has 0 aliphatic carbocycles. The third-order valence-corrected chi connectivity index (χ3v) is 4.15. The molecule has 0 unspecified atom stereocenters. The molecule has 0 aliphatic rings. The van der Waals surface area contributed by atoms with Gasteiger partial charge in [0, 0.05) is 21.9 Å². The maximum atomic E-state index is 12.3. The standard InChI is InChI=1S/C18H14BrN3O3/c1-11-2-7-14(10-20-11)22-9-8-15(16(22)18(24)25)21-17(23)12-3-5-13(19)6-4-12/h2-10H,1H3,(H,21,23)(H,24,25). The fourth-order valence-electron chi connectivity index (χ4n) is 2.36. The van der Waals surface area contributed by atoms with E-state index in [0.29, 0.717) is 11.3 Å². The lowest BCUT2D eigenvalue weighted by molar-refractivity contribution is 0.0689. The van der Waals surface area contributed by atoms with Gasteiger partial charge in [0.1, 0.15) is 0 Å². The highest BCUT2D eigenvalue weighted by Crippen LogP contribution is 2.23. The minimum absolute atomic E-state index is 0.0314. The van der Waals surface area contributed by atoms with Gasteiger partial charge >= 0.3 is 5.97 Å². The number of aryl methyl sites for hydroxylation is 1. The molecule has 0 fully saturated rings. The van der Waals surface area contributed by atoms with Gasteiger partial charge in [-0.05, 0) is 49.4 Å². The summed E-state index contributed by atoms with van der Waals surface area (Å²) in [5, 5.41) is 12.2. The first-order valence-corrected chi connectivity index (χ1v) is 8.19. The second-order valence-electron chi connectivity index (χ2n) is 5.37. The quantitative estimate of drug-likeness (QED) is 0.696. The van der Waals surface area contributed by atoms with E-state index in [2.05, 4.69) is 26.2 Å². The summed E-state index contributed by atoms with van der Waals surface area (Å²) in [6.45, 7) is 1.85. The van der Waals surface area contributed by atoms with E-state index in [1.54, 1.807) is 54.9 Å². The summed E-state index contributed by atoms with van der Waals surface area (Å²) in [5.74, 6) is -1.52. The maximum Gasteiger partial charge on any atom is 0.355 e. The van der Waals surface area contributed by atoms with Gasteiger partial charge in [0.05, 0.1) is 17.6 Å². The lowest BCUT2D eigenvalue weighted by Crippen LogP contribution is -2.15. The molecule has 0 atom stereocenters. The Morgan fingerprint density at radius 3 is 2.44 bits per heavy atom. The number of carbonyl (C=O) groups excluding carboxylic acids is 1. The number of anilines is 1. The molecular formula is C18H14BrN3O3. The van der Waals surface area contributed by atoms with Crippen LogP contribution in [0.15, 0.2) is 59.3 Å². The summed E-state index contributed by atoms with van der Waals surface area (Å²) in [4.78, 5) is 28.2. The van der Waals surface area contributed by atoms with Crippen molar-refractivity contribution in [2.75, 3.05) is 5.32 Å². The van der Waals surface area contributed by atoms with E-state index in [1.165, 1.54) is 4.57 Å². The summed E-state index contributed by atoms with van der Waals surface area (Å²) in [6, 6.07) is 11.9. The summed E-state index contributed by atoms with van der Waals surface area (Å²) in [6.07, 6.45) is 3.18. The second-order valence-corrected chi connectivity index (χ2v) is 6.29. The molecular weight excluding hydrogens is 386 g/mol. The van der Waals surface area contributed by atoms with Gasteiger partial charge in [-0.2, -0.15) is 0 Å². The van der Waals surface area contributed by atoms with Crippen molar-refractivity contribution < 1.29 is 14.7 Å². The Balaban J connectivity index is 1.94. The monoisotopic (exact) mass is 399 g/mol. The molecule has 25 heavy (non-hydrogen) atoms. The number of aromatic nitrogens is 2. The molecule has 0 aliphatic heterocycles. The molecule has 3 aromatic rings. The Bertz CT molecular complexity index is 931. The predicted octanol–water partition coefficient (Wildman–Crippen LogP) is 3.89. The number of pyridine rings is 1. The molecule has 1 aromatic carbocycles. The highest BCUT2D eigenvalue weighted by Gasteiger charge is 2.19. The maximum absolute atomic E-state index is 12.3. The zero-order valence-corrected chi connectivity index (χ0v) is 14.8. The molecule has 0 saturated carbocycles. The average Bonchev–Trinajstić information content (AvgIpc) is 3.00. The Labute approximate surface area is 152 Å². The number of nitrogens with one attached hydrogen (secondary N) is 1. The van der Waals surface area contributed by atoms with Gasteiger partial charge in [-0.3, -0.25) is 9.78 Å².